The van der Waals surface area contributed by atoms with Crippen LogP contribution in [0.3, 0.4) is 0 Å². The Labute approximate surface area is 123 Å². The number of carbonyl (C=O) groups excluding carboxylic acids is 1. The first-order chi connectivity index (χ1) is 10.2. The number of anilines is 1. The summed E-state index contributed by atoms with van der Waals surface area (Å²) in [5, 5.41) is 0. The van der Waals surface area contributed by atoms with Crippen LogP contribution in [0.5, 0.6) is 17.2 Å². The summed E-state index contributed by atoms with van der Waals surface area (Å²) in [6, 6.07) is 12.1. The van der Waals surface area contributed by atoms with Gasteiger partial charge in [0.05, 0.1) is 25.5 Å². The molecule has 2 aromatic carbocycles. The largest absolute Gasteiger partial charge is 0.497 e. The summed E-state index contributed by atoms with van der Waals surface area (Å²) in [6.07, 6.45) is 0. The first kappa shape index (κ1) is 14.7. The highest BCUT2D eigenvalue weighted by molar-refractivity contribution is 6.00. The summed E-state index contributed by atoms with van der Waals surface area (Å²) in [5.41, 5.74) is 6.66. The number of ketones is 1. The summed E-state index contributed by atoms with van der Waals surface area (Å²) < 4.78 is 15.8. The Hall–Kier alpha value is -2.69. The van der Waals surface area contributed by atoms with Crippen LogP contribution in [0.4, 0.5) is 5.69 Å². The van der Waals surface area contributed by atoms with Crippen molar-refractivity contribution in [2.24, 2.45) is 0 Å². The molecule has 2 N–H and O–H groups in total. The zero-order valence-corrected chi connectivity index (χ0v) is 12.0. The molecule has 0 aliphatic rings. The molecule has 0 heterocycles. The average molecular weight is 287 g/mol. The van der Waals surface area contributed by atoms with Gasteiger partial charge in [-0.2, -0.15) is 0 Å². The molecular weight excluding hydrogens is 270 g/mol. The minimum atomic E-state index is -0.214. The van der Waals surface area contributed by atoms with E-state index in [-0.39, 0.29) is 12.4 Å². The molecule has 0 spiro atoms. The Kier molecular flexibility index (Phi) is 4.66. The van der Waals surface area contributed by atoms with Crippen LogP contribution in [0.2, 0.25) is 0 Å². The maximum Gasteiger partial charge on any atom is 0.204 e. The van der Waals surface area contributed by atoms with Gasteiger partial charge in [-0.3, -0.25) is 4.79 Å². The van der Waals surface area contributed by atoms with Crippen LogP contribution in [0.1, 0.15) is 10.4 Å². The van der Waals surface area contributed by atoms with Gasteiger partial charge in [0.25, 0.3) is 0 Å². The fourth-order valence-corrected chi connectivity index (χ4v) is 1.86. The standard InChI is InChI=1S/C16H17NO4/c1-19-11-7-8-15(20-2)12(9-11)14(18)10-21-16-6-4-3-5-13(16)17/h3-9H,10,17H2,1-2H3. The molecule has 0 radical (unpaired) electrons. The molecule has 2 aromatic rings. The fourth-order valence-electron chi connectivity index (χ4n) is 1.86. The number of carbonyl (C=O) groups is 1. The van der Waals surface area contributed by atoms with Gasteiger partial charge in [-0.05, 0) is 30.3 Å². The molecule has 0 unspecified atom stereocenters. The second kappa shape index (κ2) is 6.65. The minimum absolute atomic E-state index is 0.127. The van der Waals surface area contributed by atoms with Gasteiger partial charge in [0.1, 0.15) is 17.2 Å². The van der Waals surface area contributed by atoms with E-state index in [1.54, 1.807) is 42.5 Å². The number of rotatable bonds is 6. The van der Waals surface area contributed by atoms with E-state index in [9.17, 15) is 4.79 Å². The molecule has 2 rings (SSSR count). The number of Topliss-reactive ketones (excluding diaryl/α,β-unsaturated/α-hetero) is 1. The van der Waals surface area contributed by atoms with Crippen LogP contribution >= 0.6 is 0 Å². The Morgan fingerprint density at radius 2 is 1.81 bits per heavy atom. The van der Waals surface area contributed by atoms with Crippen LogP contribution in [0, 0.1) is 0 Å². The van der Waals surface area contributed by atoms with Crippen LogP contribution in [-0.4, -0.2) is 26.6 Å². The number of ether oxygens (including phenoxy) is 3. The van der Waals surface area contributed by atoms with E-state index in [2.05, 4.69) is 0 Å². The van der Waals surface area contributed by atoms with E-state index < -0.39 is 0 Å². The molecular formula is C16H17NO4. The normalized spacial score (nSPS) is 10.0. The van der Waals surface area contributed by atoms with Crippen molar-refractivity contribution in [2.45, 2.75) is 0 Å². The minimum Gasteiger partial charge on any atom is -0.497 e. The lowest BCUT2D eigenvalue weighted by atomic mass is 10.1. The molecule has 5 nitrogen and oxygen atoms in total. The number of nitrogens with two attached hydrogens (primary N) is 1. The summed E-state index contributed by atoms with van der Waals surface area (Å²) in [7, 11) is 3.05. The first-order valence-electron chi connectivity index (χ1n) is 6.38. The zero-order chi connectivity index (χ0) is 15.2. The van der Waals surface area contributed by atoms with Crippen LogP contribution < -0.4 is 19.9 Å². The lowest BCUT2D eigenvalue weighted by Crippen LogP contribution is -2.13. The van der Waals surface area contributed by atoms with Gasteiger partial charge in [0.15, 0.2) is 6.61 Å². The third-order valence-electron chi connectivity index (χ3n) is 2.98. The highest BCUT2D eigenvalue weighted by atomic mass is 16.5. The van der Waals surface area contributed by atoms with Crippen LogP contribution in [-0.2, 0) is 0 Å². The average Bonchev–Trinajstić information content (AvgIpc) is 2.53. The number of methoxy groups -OCH3 is 2. The van der Waals surface area contributed by atoms with Gasteiger partial charge in [-0.1, -0.05) is 12.1 Å². The predicted molar refractivity (Wildman–Crippen MR) is 80.2 cm³/mol. The summed E-state index contributed by atoms with van der Waals surface area (Å²) in [5.74, 6) is 1.32. The van der Waals surface area contributed by atoms with E-state index in [4.69, 9.17) is 19.9 Å². The van der Waals surface area contributed by atoms with Gasteiger partial charge >= 0.3 is 0 Å². The number of nitrogen functional groups attached to an aromatic ring is 1. The van der Waals surface area contributed by atoms with Gasteiger partial charge in [-0.25, -0.2) is 0 Å². The lowest BCUT2D eigenvalue weighted by molar-refractivity contribution is 0.0918. The van der Waals surface area contributed by atoms with Crippen molar-refractivity contribution in [1.82, 2.24) is 0 Å². The van der Waals surface area contributed by atoms with Crippen molar-refractivity contribution in [3.8, 4) is 17.2 Å². The highest BCUT2D eigenvalue weighted by Gasteiger charge is 2.15. The van der Waals surface area contributed by atoms with E-state index in [0.717, 1.165) is 0 Å². The Balaban J connectivity index is 2.15. The van der Waals surface area contributed by atoms with Gasteiger partial charge in [0, 0.05) is 0 Å². The van der Waals surface area contributed by atoms with Gasteiger partial charge < -0.3 is 19.9 Å². The van der Waals surface area contributed by atoms with E-state index in [1.165, 1.54) is 14.2 Å². The van der Waals surface area contributed by atoms with Crippen LogP contribution in [0.25, 0.3) is 0 Å². The third kappa shape index (κ3) is 3.45. The second-order valence-electron chi connectivity index (χ2n) is 4.32. The van der Waals surface area contributed by atoms with Crippen LogP contribution in [0.15, 0.2) is 42.5 Å². The molecule has 0 aliphatic heterocycles. The number of benzene rings is 2. The molecule has 21 heavy (non-hydrogen) atoms. The van der Waals surface area contributed by atoms with Crippen molar-refractivity contribution < 1.29 is 19.0 Å². The lowest BCUT2D eigenvalue weighted by Gasteiger charge is -2.11. The van der Waals surface area contributed by atoms with E-state index in [1.807, 2.05) is 0 Å². The van der Waals surface area contributed by atoms with E-state index in [0.29, 0.717) is 28.5 Å². The first-order valence-corrected chi connectivity index (χ1v) is 6.38. The predicted octanol–water partition coefficient (Wildman–Crippen LogP) is 2.55. The zero-order valence-electron chi connectivity index (χ0n) is 12.0. The molecule has 0 aromatic heterocycles. The molecule has 0 fully saturated rings. The Morgan fingerprint density at radius 3 is 2.48 bits per heavy atom. The summed E-state index contributed by atoms with van der Waals surface area (Å²) >= 11 is 0. The molecule has 0 bridgehead atoms. The molecule has 5 heteroatoms. The molecule has 0 saturated carbocycles. The maximum absolute atomic E-state index is 12.3. The number of hydrogen-bond donors (Lipinski definition) is 1. The van der Waals surface area contributed by atoms with Crippen molar-refractivity contribution in [3.05, 3.63) is 48.0 Å². The molecule has 0 atom stereocenters. The maximum atomic E-state index is 12.3. The van der Waals surface area contributed by atoms with E-state index >= 15 is 0 Å². The van der Waals surface area contributed by atoms with Crippen molar-refractivity contribution in [1.29, 1.82) is 0 Å². The quantitative estimate of drug-likeness (QED) is 0.653. The Morgan fingerprint density at radius 1 is 1.05 bits per heavy atom. The number of hydrogen-bond acceptors (Lipinski definition) is 5. The van der Waals surface area contributed by atoms with Crippen molar-refractivity contribution in [3.63, 3.8) is 0 Å². The molecule has 0 saturated heterocycles. The SMILES string of the molecule is COc1ccc(OC)c(C(=O)COc2ccccc2N)c1. The summed E-state index contributed by atoms with van der Waals surface area (Å²) in [4.78, 5) is 12.3. The number of para-hydroxylation sites is 2. The monoisotopic (exact) mass is 287 g/mol. The molecule has 110 valence electrons. The fraction of sp³-hybridized carbons (Fsp3) is 0.188. The smallest absolute Gasteiger partial charge is 0.204 e. The topological polar surface area (TPSA) is 70.8 Å². The van der Waals surface area contributed by atoms with Gasteiger partial charge in [-0.15, -0.1) is 0 Å². The summed E-state index contributed by atoms with van der Waals surface area (Å²) in [6.45, 7) is -0.127. The second-order valence-corrected chi connectivity index (χ2v) is 4.32. The van der Waals surface area contributed by atoms with Crippen molar-refractivity contribution >= 4 is 11.5 Å². The highest BCUT2D eigenvalue weighted by Crippen LogP contribution is 2.25. The third-order valence-corrected chi connectivity index (χ3v) is 2.98. The van der Waals surface area contributed by atoms with Crippen molar-refractivity contribution in [2.75, 3.05) is 26.6 Å². The Bertz CT molecular complexity index is 640. The molecule has 0 amide bonds. The van der Waals surface area contributed by atoms with Gasteiger partial charge in [0.2, 0.25) is 5.78 Å². The molecule has 0 aliphatic carbocycles.